The lowest BCUT2D eigenvalue weighted by molar-refractivity contribution is 0.0600. The fraction of sp³-hybridized carbons (Fsp3) is 0.111. The van der Waals surface area contributed by atoms with E-state index in [1.165, 1.54) is 7.11 Å². The predicted molar refractivity (Wildman–Crippen MR) is 126 cm³/mol. The second kappa shape index (κ2) is 9.87. The third-order valence-corrected chi connectivity index (χ3v) is 4.94. The number of rotatable bonds is 7. The summed E-state index contributed by atoms with van der Waals surface area (Å²) in [5.74, 6) is 0.979. The molecule has 0 spiro atoms. The van der Waals surface area contributed by atoms with Crippen molar-refractivity contribution in [3.8, 4) is 17.2 Å². The minimum Gasteiger partial charge on any atom is -0.489 e. The zero-order chi connectivity index (χ0) is 23.2. The Hall–Kier alpha value is -4.32. The van der Waals surface area contributed by atoms with E-state index in [1.54, 1.807) is 49.4 Å². The average molecular weight is 442 g/mol. The molecule has 0 unspecified atom stereocenters. The Kier molecular flexibility index (Phi) is 6.55. The number of fused-ring (bicyclic) bond motifs is 1. The molecule has 0 fully saturated rings. The predicted octanol–water partition coefficient (Wildman–Crippen LogP) is 5.77. The first kappa shape index (κ1) is 21.9. The molecule has 0 aliphatic heterocycles. The van der Waals surface area contributed by atoms with E-state index < -0.39 is 5.97 Å². The maximum absolute atomic E-state index is 13.0. The van der Waals surface area contributed by atoms with Crippen LogP contribution in [0, 0.1) is 6.92 Å². The van der Waals surface area contributed by atoms with Crippen LogP contribution in [0.25, 0.3) is 17.0 Å². The Bertz CT molecular complexity index is 1350. The van der Waals surface area contributed by atoms with Gasteiger partial charge in [0.1, 0.15) is 29.4 Å². The highest BCUT2D eigenvalue weighted by atomic mass is 16.5. The number of hydrogen-bond acceptors (Lipinski definition) is 6. The topological polar surface area (TPSA) is 75.0 Å². The Labute approximate surface area is 190 Å². The van der Waals surface area contributed by atoms with Crippen LogP contribution in [0.3, 0.4) is 0 Å². The van der Waals surface area contributed by atoms with Gasteiger partial charge in [-0.2, -0.15) is 0 Å². The summed E-state index contributed by atoms with van der Waals surface area (Å²) in [4.78, 5) is 24.6. The lowest BCUT2D eigenvalue weighted by atomic mass is 10.2. The van der Waals surface area contributed by atoms with Crippen molar-refractivity contribution in [1.29, 1.82) is 0 Å². The zero-order valence-corrected chi connectivity index (χ0v) is 18.2. The number of carbonyl (C=O) groups is 1. The number of methoxy groups -OCH3 is 1. The van der Waals surface area contributed by atoms with E-state index in [9.17, 15) is 9.59 Å². The molecule has 3 aromatic carbocycles. The van der Waals surface area contributed by atoms with Gasteiger partial charge in [0.15, 0.2) is 0 Å². The molecule has 0 saturated heterocycles. The minimum absolute atomic E-state index is 0.0905. The minimum atomic E-state index is -0.448. The van der Waals surface area contributed by atoms with Gasteiger partial charge < -0.3 is 18.6 Å². The lowest BCUT2D eigenvalue weighted by Crippen LogP contribution is -2.08. The van der Waals surface area contributed by atoms with Gasteiger partial charge in [-0.3, -0.25) is 4.79 Å². The fourth-order valence-electron chi connectivity index (χ4n) is 3.26. The molecule has 4 rings (SSSR count). The van der Waals surface area contributed by atoms with E-state index in [0.29, 0.717) is 40.4 Å². The van der Waals surface area contributed by atoms with E-state index in [0.717, 1.165) is 5.56 Å². The first-order valence-corrected chi connectivity index (χ1v) is 10.3. The first-order chi connectivity index (χ1) is 16.0. The summed E-state index contributed by atoms with van der Waals surface area (Å²) in [6, 6.07) is 21.3. The highest BCUT2D eigenvalue weighted by molar-refractivity contribution is 5.89. The number of esters is 1. The standard InChI is InChI=1S/C27H22O6/c1-18-26(33-21-12-10-20(11-13-21)27(29)30-2)25(28)23-15-14-22(17-24(23)32-18)31-16-6-9-19-7-4-3-5-8-19/h3-15,17H,16H2,1-2H3/b9-6+. The maximum Gasteiger partial charge on any atom is 0.337 e. The third kappa shape index (κ3) is 5.13. The second-order valence-electron chi connectivity index (χ2n) is 7.22. The van der Waals surface area contributed by atoms with Crippen molar-refractivity contribution in [3.05, 3.63) is 106 Å². The summed E-state index contributed by atoms with van der Waals surface area (Å²) in [5.41, 5.74) is 1.60. The number of hydrogen-bond donors (Lipinski definition) is 0. The SMILES string of the molecule is COC(=O)c1ccc(Oc2c(C)oc3cc(OC/C=C/c4ccccc4)ccc3c2=O)cc1. The van der Waals surface area contributed by atoms with E-state index in [-0.39, 0.29) is 11.2 Å². The van der Waals surface area contributed by atoms with Crippen molar-refractivity contribution in [3.63, 3.8) is 0 Å². The highest BCUT2D eigenvalue weighted by Crippen LogP contribution is 2.27. The molecule has 0 N–H and O–H groups in total. The first-order valence-electron chi connectivity index (χ1n) is 10.3. The quantitative estimate of drug-likeness (QED) is 0.338. The number of aryl methyl sites for hydroxylation is 1. The second-order valence-corrected chi connectivity index (χ2v) is 7.22. The van der Waals surface area contributed by atoms with Gasteiger partial charge in [0.25, 0.3) is 0 Å². The van der Waals surface area contributed by atoms with Crippen molar-refractivity contribution in [2.45, 2.75) is 6.92 Å². The normalized spacial score (nSPS) is 11.0. The van der Waals surface area contributed by atoms with Crippen LogP contribution in [0.2, 0.25) is 0 Å². The van der Waals surface area contributed by atoms with Gasteiger partial charge in [-0.1, -0.05) is 36.4 Å². The van der Waals surface area contributed by atoms with E-state index in [4.69, 9.17) is 13.9 Å². The van der Waals surface area contributed by atoms with Crippen LogP contribution in [-0.4, -0.2) is 19.7 Å². The Morgan fingerprint density at radius 1 is 0.970 bits per heavy atom. The Morgan fingerprint density at radius 3 is 2.42 bits per heavy atom. The van der Waals surface area contributed by atoms with Crippen LogP contribution in [-0.2, 0) is 4.74 Å². The summed E-state index contributed by atoms with van der Waals surface area (Å²) in [6.45, 7) is 2.04. The monoisotopic (exact) mass is 442 g/mol. The lowest BCUT2D eigenvalue weighted by Gasteiger charge is -2.10. The van der Waals surface area contributed by atoms with Gasteiger partial charge in [0, 0.05) is 6.07 Å². The van der Waals surface area contributed by atoms with E-state index in [2.05, 4.69) is 4.74 Å². The smallest absolute Gasteiger partial charge is 0.337 e. The van der Waals surface area contributed by atoms with Crippen LogP contribution in [0.15, 0.2) is 88.1 Å². The van der Waals surface area contributed by atoms with Crippen molar-refractivity contribution in [2.24, 2.45) is 0 Å². The van der Waals surface area contributed by atoms with Crippen LogP contribution in [0.5, 0.6) is 17.2 Å². The third-order valence-electron chi connectivity index (χ3n) is 4.94. The molecule has 33 heavy (non-hydrogen) atoms. The van der Waals surface area contributed by atoms with E-state index >= 15 is 0 Å². The fourth-order valence-corrected chi connectivity index (χ4v) is 3.26. The molecule has 6 nitrogen and oxygen atoms in total. The molecular formula is C27H22O6. The summed E-state index contributed by atoms with van der Waals surface area (Å²) in [6.07, 6.45) is 3.90. The molecule has 0 radical (unpaired) electrons. The number of ether oxygens (including phenoxy) is 3. The van der Waals surface area contributed by atoms with Gasteiger partial charge in [-0.05, 0) is 55.0 Å². The summed E-state index contributed by atoms with van der Waals surface area (Å²) >= 11 is 0. The Morgan fingerprint density at radius 2 is 1.70 bits per heavy atom. The largest absolute Gasteiger partial charge is 0.489 e. The van der Waals surface area contributed by atoms with Crippen LogP contribution in [0.1, 0.15) is 21.7 Å². The molecule has 0 amide bonds. The van der Waals surface area contributed by atoms with Crippen LogP contribution in [0.4, 0.5) is 0 Å². The van der Waals surface area contributed by atoms with Crippen molar-refractivity contribution >= 4 is 23.0 Å². The maximum atomic E-state index is 13.0. The molecule has 4 aromatic rings. The summed E-state index contributed by atoms with van der Waals surface area (Å²) in [5, 5.41) is 0.383. The van der Waals surface area contributed by atoms with Gasteiger partial charge >= 0.3 is 5.97 Å². The molecule has 0 saturated carbocycles. The molecule has 0 aliphatic carbocycles. The molecule has 1 heterocycles. The van der Waals surface area contributed by atoms with Gasteiger partial charge in [0.2, 0.25) is 11.2 Å². The molecule has 6 heteroatoms. The highest BCUT2D eigenvalue weighted by Gasteiger charge is 2.15. The number of benzene rings is 3. The zero-order valence-electron chi connectivity index (χ0n) is 18.2. The molecule has 166 valence electrons. The molecule has 0 atom stereocenters. The van der Waals surface area contributed by atoms with Gasteiger partial charge in [-0.25, -0.2) is 4.79 Å². The molecule has 0 aliphatic rings. The van der Waals surface area contributed by atoms with Crippen LogP contribution >= 0.6 is 0 Å². The number of carbonyl (C=O) groups excluding carboxylic acids is 1. The molecule has 1 aromatic heterocycles. The average Bonchev–Trinajstić information content (AvgIpc) is 2.85. The van der Waals surface area contributed by atoms with Gasteiger partial charge in [-0.15, -0.1) is 0 Å². The molecule has 0 bridgehead atoms. The van der Waals surface area contributed by atoms with Crippen LogP contribution < -0.4 is 14.9 Å². The Balaban J connectivity index is 1.50. The summed E-state index contributed by atoms with van der Waals surface area (Å²) in [7, 11) is 1.31. The van der Waals surface area contributed by atoms with Crippen molar-refractivity contribution < 1.29 is 23.4 Å². The van der Waals surface area contributed by atoms with Gasteiger partial charge in [0.05, 0.1) is 18.1 Å². The molecular weight excluding hydrogens is 420 g/mol. The van der Waals surface area contributed by atoms with Crippen molar-refractivity contribution in [1.82, 2.24) is 0 Å². The summed E-state index contributed by atoms with van der Waals surface area (Å²) < 4.78 is 22.1. The van der Waals surface area contributed by atoms with E-state index in [1.807, 2.05) is 42.5 Å². The van der Waals surface area contributed by atoms with Crippen molar-refractivity contribution in [2.75, 3.05) is 13.7 Å².